The fourth-order valence-corrected chi connectivity index (χ4v) is 6.04. The molecule has 2 fully saturated rings. The van der Waals surface area contributed by atoms with Crippen LogP contribution in [0.2, 0.25) is 0 Å². The molecule has 7 nitrogen and oxygen atoms in total. The van der Waals surface area contributed by atoms with E-state index < -0.39 is 10.0 Å². The van der Waals surface area contributed by atoms with Crippen molar-refractivity contribution in [1.29, 1.82) is 0 Å². The van der Waals surface area contributed by atoms with Gasteiger partial charge in [-0.1, -0.05) is 37.3 Å². The van der Waals surface area contributed by atoms with Crippen molar-refractivity contribution in [2.24, 2.45) is 5.92 Å². The lowest BCUT2D eigenvalue weighted by atomic mass is 9.86. The van der Waals surface area contributed by atoms with Gasteiger partial charge in [0.05, 0.1) is 0 Å². The molecule has 1 aliphatic carbocycles. The summed E-state index contributed by atoms with van der Waals surface area (Å²) >= 11 is 0. The molecule has 0 atom stereocenters. The van der Waals surface area contributed by atoms with Crippen molar-refractivity contribution in [3.8, 4) is 0 Å². The number of amides is 1. The smallest absolute Gasteiger partial charge is 0.248 e. The summed E-state index contributed by atoms with van der Waals surface area (Å²) in [6.45, 7) is 4.78. The highest BCUT2D eigenvalue weighted by molar-refractivity contribution is 7.89. The zero-order valence-electron chi connectivity index (χ0n) is 16.4. The van der Waals surface area contributed by atoms with E-state index in [2.05, 4.69) is 5.16 Å². The second-order valence-corrected chi connectivity index (χ2v) is 9.71. The molecule has 2 heterocycles. The monoisotopic (exact) mass is 397 g/mol. The number of aromatic nitrogens is 1. The number of aryl methyl sites for hydroxylation is 2. The Hall–Kier alpha value is -1.41. The van der Waals surface area contributed by atoms with Gasteiger partial charge < -0.3 is 9.42 Å². The average Bonchev–Trinajstić information content (AvgIpc) is 3.01. The first-order chi connectivity index (χ1) is 12.9. The van der Waals surface area contributed by atoms with E-state index in [0.29, 0.717) is 44.1 Å². The van der Waals surface area contributed by atoms with Crippen molar-refractivity contribution in [1.82, 2.24) is 14.4 Å². The first kappa shape index (κ1) is 20.3. The maximum atomic E-state index is 12.8. The highest BCUT2D eigenvalue weighted by Crippen LogP contribution is 2.28. The number of piperazine rings is 1. The second kappa shape index (κ2) is 8.73. The summed E-state index contributed by atoms with van der Waals surface area (Å²) in [5, 5.41) is 3.75. The number of hydrogen-bond acceptors (Lipinski definition) is 5. The highest BCUT2D eigenvalue weighted by atomic mass is 32.2. The Morgan fingerprint density at radius 3 is 2.37 bits per heavy atom. The minimum atomic E-state index is -3.62. The fraction of sp³-hybridized carbons (Fsp3) is 0.789. The largest absolute Gasteiger partial charge is 0.360 e. The minimum absolute atomic E-state index is 0.153. The molecule has 1 aliphatic heterocycles. The molecular formula is C19H31N3O4S. The molecule has 0 radical (unpaired) electrons. The molecule has 0 aromatic carbocycles. The van der Waals surface area contributed by atoms with Gasteiger partial charge in [0.15, 0.2) is 5.76 Å². The Labute approximate surface area is 162 Å². The van der Waals surface area contributed by atoms with E-state index in [0.717, 1.165) is 18.8 Å². The summed E-state index contributed by atoms with van der Waals surface area (Å²) in [5.41, 5.74) is 0.383. The molecule has 1 saturated heterocycles. The number of hydrogen-bond donors (Lipinski definition) is 0. The van der Waals surface area contributed by atoms with Gasteiger partial charge in [-0.15, -0.1) is 0 Å². The van der Waals surface area contributed by atoms with Crippen molar-refractivity contribution < 1.29 is 17.7 Å². The van der Waals surface area contributed by atoms with E-state index in [1.807, 2.05) is 0 Å². The van der Waals surface area contributed by atoms with Crippen LogP contribution in [0.5, 0.6) is 0 Å². The Bertz CT molecular complexity index is 726. The Morgan fingerprint density at radius 2 is 1.78 bits per heavy atom. The third-order valence-electron chi connectivity index (χ3n) is 5.88. The van der Waals surface area contributed by atoms with Crippen LogP contribution in [-0.4, -0.2) is 54.9 Å². The lowest BCUT2D eigenvalue weighted by Gasteiger charge is -2.34. The third kappa shape index (κ3) is 4.71. The Kier molecular flexibility index (Phi) is 6.57. The maximum absolute atomic E-state index is 12.8. The van der Waals surface area contributed by atoms with Crippen LogP contribution >= 0.6 is 0 Å². The summed E-state index contributed by atoms with van der Waals surface area (Å²) in [5.74, 6) is 1.26. The molecule has 0 spiro atoms. The van der Waals surface area contributed by atoms with E-state index in [1.54, 1.807) is 18.7 Å². The van der Waals surface area contributed by atoms with E-state index in [9.17, 15) is 13.2 Å². The van der Waals surface area contributed by atoms with Gasteiger partial charge in [-0.2, -0.15) is 4.31 Å². The highest BCUT2D eigenvalue weighted by Gasteiger charge is 2.34. The van der Waals surface area contributed by atoms with Gasteiger partial charge in [0.25, 0.3) is 0 Å². The number of rotatable bonds is 6. The Morgan fingerprint density at radius 1 is 1.11 bits per heavy atom. The summed E-state index contributed by atoms with van der Waals surface area (Å²) < 4.78 is 32.1. The van der Waals surface area contributed by atoms with Crippen LogP contribution < -0.4 is 0 Å². The number of sulfonamides is 1. The number of carbonyl (C=O) groups is 1. The van der Waals surface area contributed by atoms with Crippen LogP contribution in [0.15, 0.2) is 9.42 Å². The van der Waals surface area contributed by atoms with Gasteiger partial charge in [-0.05, 0) is 32.6 Å². The van der Waals surface area contributed by atoms with Crippen LogP contribution in [-0.2, 0) is 14.8 Å². The standard InChI is InChI=1S/C19H31N3O4S/c1-15-19(16(2)26-20-15)27(24,25)22-13-11-21(12-14-22)18(23)10-6-9-17-7-4-3-5-8-17/h17H,3-14H2,1-2H3. The van der Waals surface area contributed by atoms with Crippen LogP contribution in [0.4, 0.5) is 0 Å². The molecule has 0 N–H and O–H groups in total. The molecule has 1 aromatic rings. The molecule has 27 heavy (non-hydrogen) atoms. The molecule has 0 unspecified atom stereocenters. The van der Waals surface area contributed by atoms with Gasteiger partial charge in [-0.25, -0.2) is 8.42 Å². The van der Waals surface area contributed by atoms with Gasteiger partial charge >= 0.3 is 0 Å². The molecular weight excluding hydrogens is 366 g/mol. The average molecular weight is 398 g/mol. The van der Waals surface area contributed by atoms with Crippen LogP contribution in [0.25, 0.3) is 0 Å². The topological polar surface area (TPSA) is 83.7 Å². The molecule has 3 rings (SSSR count). The first-order valence-electron chi connectivity index (χ1n) is 10.1. The maximum Gasteiger partial charge on any atom is 0.248 e. The molecule has 1 amide bonds. The summed E-state index contributed by atoms with van der Waals surface area (Å²) in [7, 11) is -3.62. The SMILES string of the molecule is Cc1noc(C)c1S(=O)(=O)N1CCN(C(=O)CCCC2CCCCC2)CC1. The summed E-state index contributed by atoms with van der Waals surface area (Å²) in [6.07, 6.45) is 9.32. The van der Waals surface area contributed by atoms with Gasteiger partial charge in [0, 0.05) is 32.6 Å². The normalized spacial score (nSPS) is 20.1. The van der Waals surface area contributed by atoms with Gasteiger partial charge in [-0.3, -0.25) is 4.79 Å². The zero-order chi connectivity index (χ0) is 19.4. The second-order valence-electron chi connectivity index (χ2n) is 7.83. The lowest BCUT2D eigenvalue weighted by molar-refractivity contribution is -0.132. The van der Waals surface area contributed by atoms with E-state index in [-0.39, 0.29) is 10.8 Å². The van der Waals surface area contributed by atoms with Crippen molar-refractivity contribution in [3.05, 3.63) is 11.5 Å². The minimum Gasteiger partial charge on any atom is -0.360 e. The predicted molar refractivity (Wildman–Crippen MR) is 102 cm³/mol. The number of nitrogens with zero attached hydrogens (tertiary/aromatic N) is 3. The molecule has 0 bridgehead atoms. The molecule has 2 aliphatic rings. The molecule has 152 valence electrons. The van der Waals surface area contributed by atoms with Crippen molar-refractivity contribution in [3.63, 3.8) is 0 Å². The Balaban J connectivity index is 1.47. The molecule has 1 aromatic heterocycles. The van der Waals surface area contributed by atoms with E-state index in [4.69, 9.17) is 4.52 Å². The van der Waals surface area contributed by atoms with Crippen molar-refractivity contribution in [2.75, 3.05) is 26.2 Å². The molecule has 1 saturated carbocycles. The van der Waals surface area contributed by atoms with Gasteiger partial charge in [0.1, 0.15) is 10.6 Å². The summed E-state index contributed by atoms with van der Waals surface area (Å²) in [6, 6.07) is 0. The number of carbonyl (C=O) groups excluding carboxylic acids is 1. The third-order valence-corrected chi connectivity index (χ3v) is 8.03. The van der Waals surface area contributed by atoms with Crippen LogP contribution in [0.1, 0.15) is 62.8 Å². The van der Waals surface area contributed by atoms with Crippen molar-refractivity contribution in [2.45, 2.75) is 70.1 Å². The lowest BCUT2D eigenvalue weighted by Crippen LogP contribution is -2.50. The van der Waals surface area contributed by atoms with Crippen molar-refractivity contribution >= 4 is 15.9 Å². The fourth-order valence-electron chi connectivity index (χ4n) is 4.33. The van der Waals surface area contributed by atoms with Crippen LogP contribution in [0, 0.1) is 19.8 Å². The summed E-state index contributed by atoms with van der Waals surface area (Å²) in [4.78, 5) is 14.4. The first-order valence-corrected chi connectivity index (χ1v) is 11.5. The van der Waals surface area contributed by atoms with E-state index in [1.165, 1.54) is 36.4 Å². The van der Waals surface area contributed by atoms with E-state index >= 15 is 0 Å². The van der Waals surface area contributed by atoms with Crippen LogP contribution in [0.3, 0.4) is 0 Å². The van der Waals surface area contributed by atoms with Gasteiger partial charge in [0.2, 0.25) is 15.9 Å². The molecule has 8 heteroatoms. The zero-order valence-corrected chi connectivity index (χ0v) is 17.3. The predicted octanol–water partition coefficient (Wildman–Crippen LogP) is 2.87. The quantitative estimate of drug-likeness (QED) is 0.737.